The molecule has 0 aliphatic heterocycles. The summed E-state index contributed by atoms with van der Waals surface area (Å²) in [6, 6.07) is 8.91. The maximum Gasteiger partial charge on any atom is 0.336 e. The van der Waals surface area contributed by atoms with Crippen molar-refractivity contribution in [3.05, 3.63) is 46.8 Å². The minimum atomic E-state index is -0.574. The lowest BCUT2D eigenvalue weighted by atomic mass is 10.0. The summed E-state index contributed by atoms with van der Waals surface area (Å²) >= 11 is 0. The number of ether oxygens (including phenoxy) is 2. The van der Waals surface area contributed by atoms with Crippen molar-refractivity contribution in [2.24, 2.45) is 0 Å². The lowest BCUT2D eigenvalue weighted by molar-refractivity contribution is 0.373. The molecule has 3 rings (SSSR count). The van der Waals surface area contributed by atoms with Gasteiger partial charge in [-0.3, -0.25) is 0 Å². The second-order valence-electron chi connectivity index (χ2n) is 4.89. The Morgan fingerprint density at radius 3 is 2.39 bits per heavy atom. The summed E-state index contributed by atoms with van der Waals surface area (Å²) in [5, 5.41) is 20.5. The first-order valence-corrected chi connectivity index (χ1v) is 6.75. The molecule has 6 heteroatoms. The molecule has 0 fully saturated rings. The number of aromatic hydroxyl groups is 2. The number of hydrogen-bond donors (Lipinski definition) is 2. The van der Waals surface area contributed by atoms with Crippen molar-refractivity contribution in [3.8, 4) is 34.1 Å². The van der Waals surface area contributed by atoms with Gasteiger partial charge in [0.2, 0.25) is 0 Å². The average molecular weight is 314 g/mol. The smallest absolute Gasteiger partial charge is 0.336 e. The van der Waals surface area contributed by atoms with E-state index in [1.54, 1.807) is 12.1 Å². The normalized spacial score (nSPS) is 10.7. The molecule has 0 atom stereocenters. The zero-order valence-electron chi connectivity index (χ0n) is 12.5. The fourth-order valence-corrected chi connectivity index (χ4v) is 2.46. The Labute approximate surface area is 131 Å². The molecule has 6 nitrogen and oxygen atoms in total. The van der Waals surface area contributed by atoms with Crippen LogP contribution >= 0.6 is 0 Å². The zero-order chi connectivity index (χ0) is 16.6. The highest BCUT2D eigenvalue weighted by atomic mass is 16.5. The van der Waals surface area contributed by atoms with Crippen molar-refractivity contribution in [2.75, 3.05) is 14.2 Å². The van der Waals surface area contributed by atoms with Gasteiger partial charge < -0.3 is 24.1 Å². The van der Waals surface area contributed by atoms with Crippen LogP contribution in [0.1, 0.15) is 0 Å². The third-order valence-corrected chi connectivity index (χ3v) is 3.52. The number of benzene rings is 2. The van der Waals surface area contributed by atoms with Gasteiger partial charge in [-0.15, -0.1) is 0 Å². The third kappa shape index (κ3) is 2.55. The van der Waals surface area contributed by atoms with Crippen LogP contribution in [0.3, 0.4) is 0 Å². The first-order valence-electron chi connectivity index (χ1n) is 6.75. The van der Waals surface area contributed by atoms with Gasteiger partial charge >= 0.3 is 5.63 Å². The predicted molar refractivity (Wildman–Crippen MR) is 84.4 cm³/mol. The van der Waals surface area contributed by atoms with Crippen LogP contribution in [-0.4, -0.2) is 24.4 Å². The zero-order valence-corrected chi connectivity index (χ0v) is 12.5. The second kappa shape index (κ2) is 5.57. The molecule has 118 valence electrons. The largest absolute Gasteiger partial charge is 0.507 e. The molecule has 0 aliphatic carbocycles. The summed E-state index contributed by atoms with van der Waals surface area (Å²) in [4.78, 5) is 11.8. The Hall–Kier alpha value is -3.15. The van der Waals surface area contributed by atoms with Gasteiger partial charge in [0.25, 0.3) is 0 Å². The molecule has 0 saturated heterocycles. The van der Waals surface area contributed by atoms with Gasteiger partial charge in [0, 0.05) is 23.8 Å². The Morgan fingerprint density at radius 2 is 1.74 bits per heavy atom. The number of fused-ring (bicyclic) bond motifs is 1. The van der Waals surface area contributed by atoms with Crippen molar-refractivity contribution in [1.29, 1.82) is 0 Å². The van der Waals surface area contributed by atoms with Crippen LogP contribution in [0.4, 0.5) is 0 Å². The standard InChI is InChI=1S/C17H14O6/c1-21-10-6-13(19)17-11(8-16(20)23-15(17)7-10)9-3-4-14(22-2)12(18)5-9/h3-8,18-19H,1-2H3. The van der Waals surface area contributed by atoms with Crippen molar-refractivity contribution < 1.29 is 24.1 Å². The molecule has 23 heavy (non-hydrogen) atoms. The molecule has 0 amide bonds. The van der Waals surface area contributed by atoms with Gasteiger partial charge in [-0.1, -0.05) is 6.07 Å². The van der Waals surface area contributed by atoms with Crippen molar-refractivity contribution in [2.45, 2.75) is 0 Å². The third-order valence-electron chi connectivity index (χ3n) is 3.52. The maximum absolute atomic E-state index is 11.8. The van der Waals surface area contributed by atoms with E-state index >= 15 is 0 Å². The summed E-state index contributed by atoms with van der Waals surface area (Å²) in [6.45, 7) is 0. The highest BCUT2D eigenvalue weighted by Gasteiger charge is 2.15. The fraction of sp³-hybridized carbons (Fsp3) is 0.118. The van der Waals surface area contributed by atoms with E-state index < -0.39 is 5.63 Å². The molecule has 0 spiro atoms. The van der Waals surface area contributed by atoms with E-state index in [1.807, 2.05) is 0 Å². The number of methoxy groups -OCH3 is 2. The molecule has 0 aliphatic rings. The van der Waals surface area contributed by atoms with E-state index in [1.165, 1.54) is 38.5 Å². The van der Waals surface area contributed by atoms with E-state index in [0.717, 1.165) is 0 Å². The number of phenolic OH excluding ortho intramolecular Hbond substituents is 2. The van der Waals surface area contributed by atoms with Crippen LogP contribution in [0.5, 0.6) is 23.0 Å². The van der Waals surface area contributed by atoms with Gasteiger partial charge in [0.1, 0.15) is 17.1 Å². The molecule has 1 heterocycles. The van der Waals surface area contributed by atoms with Crippen molar-refractivity contribution >= 4 is 11.0 Å². The number of hydrogen-bond acceptors (Lipinski definition) is 6. The van der Waals surface area contributed by atoms with Crippen LogP contribution in [0.25, 0.3) is 22.1 Å². The van der Waals surface area contributed by atoms with Gasteiger partial charge in [0.05, 0.1) is 19.6 Å². The Morgan fingerprint density at radius 1 is 0.957 bits per heavy atom. The molecular weight excluding hydrogens is 300 g/mol. The minimum absolute atomic E-state index is 0.0700. The summed E-state index contributed by atoms with van der Waals surface area (Å²) in [7, 11) is 2.89. The highest BCUT2D eigenvalue weighted by Crippen LogP contribution is 2.39. The molecule has 0 saturated carbocycles. The average Bonchev–Trinajstić information content (AvgIpc) is 2.53. The van der Waals surface area contributed by atoms with Crippen LogP contribution < -0.4 is 15.1 Å². The molecule has 0 unspecified atom stereocenters. The first-order chi connectivity index (χ1) is 11.0. The molecule has 1 aromatic heterocycles. The van der Waals surface area contributed by atoms with E-state index in [0.29, 0.717) is 28.0 Å². The SMILES string of the molecule is COc1cc(O)c2c(-c3ccc(OC)c(O)c3)cc(=O)oc2c1. The molecule has 3 aromatic rings. The molecule has 2 N–H and O–H groups in total. The van der Waals surface area contributed by atoms with Crippen molar-refractivity contribution in [3.63, 3.8) is 0 Å². The maximum atomic E-state index is 11.8. The molecular formula is C17H14O6. The summed E-state index contributed by atoms with van der Waals surface area (Å²) in [5.41, 5.74) is 0.603. The topological polar surface area (TPSA) is 89.1 Å². The minimum Gasteiger partial charge on any atom is -0.507 e. The number of rotatable bonds is 3. The van der Waals surface area contributed by atoms with Crippen molar-refractivity contribution in [1.82, 2.24) is 0 Å². The Kier molecular flexibility index (Phi) is 3.57. The highest BCUT2D eigenvalue weighted by molar-refractivity contribution is 5.98. The van der Waals surface area contributed by atoms with Crippen LogP contribution in [0.2, 0.25) is 0 Å². The monoisotopic (exact) mass is 314 g/mol. The molecule has 2 aromatic carbocycles. The van der Waals surface area contributed by atoms with Gasteiger partial charge in [0.15, 0.2) is 11.5 Å². The number of phenols is 2. The molecule has 0 bridgehead atoms. The van der Waals surface area contributed by atoms with E-state index in [4.69, 9.17) is 13.9 Å². The van der Waals surface area contributed by atoms with Gasteiger partial charge in [-0.25, -0.2) is 4.79 Å². The van der Waals surface area contributed by atoms with E-state index in [-0.39, 0.29) is 17.1 Å². The Bertz CT molecular complexity index is 942. The summed E-state index contributed by atoms with van der Waals surface area (Å²) in [6.07, 6.45) is 0. The summed E-state index contributed by atoms with van der Waals surface area (Å²) < 4.78 is 15.2. The lowest BCUT2D eigenvalue weighted by Gasteiger charge is -2.10. The van der Waals surface area contributed by atoms with E-state index in [9.17, 15) is 15.0 Å². The first kappa shape index (κ1) is 14.8. The van der Waals surface area contributed by atoms with Crippen LogP contribution in [0.15, 0.2) is 45.6 Å². The van der Waals surface area contributed by atoms with Crippen LogP contribution in [0, 0.1) is 0 Å². The van der Waals surface area contributed by atoms with Gasteiger partial charge in [-0.2, -0.15) is 0 Å². The predicted octanol–water partition coefficient (Wildman–Crippen LogP) is 2.89. The lowest BCUT2D eigenvalue weighted by Crippen LogP contribution is -1.99. The fourth-order valence-electron chi connectivity index (χ4n) is 2.46. The van der Waals surface area contributed by atoms with Crippen LogP contribution in [-0.2, 0) is 0 Å². The van der Waals surface area contributed by atoms with E-state index in [2.05, 4.69) is 0 Å². The Balaban J connectivity index is 2.33. The summed E-state index contributed by atoms with van der Waals surface area (Å²) in [5.74, 6) is 0.521. The molecule has 0 radical (unpaired) electrons. The quantitative estimate of drug-likeness (QED) is 0.723. The van der Waals surface area contributed by atoms with Gasteiger partial charge in [-0.05, 0) is 17.7 Å². The second-order valence-corrected chi connectivity index (χ2v) is 4.89.